The lowest BCUT2D eigenvalue weighted by Gasteiger charge is -2.20. The van der Waals surface area contributed by atoms with Gasteiger partial charge in [-0.2, -0.15) is 0 Å². The lowest BCUT2D eigenvalue weighted by molar-refractivity contribution is 1.01. The molecule has 3 aromatic heterocycles. The van der Waals surface area contributed by atoms with E-state index in [1.165, 1.54) is 25.9 Å². The van der Waals surface area contributed by atoms with Gasteiger partial charge in [-0.05, 0) is 55.5 Å². The molecule has 0 radical (unpaired) electrons. The molecular formula is C35H24N4S. The lowest BCUT2D eigenvalue weighted by Crippen LogP contribution is -2.05. The highest BCUT2D eigenvalue weighted by molar-refractivity contribution is 7.99. The fraction of sp³-hybridized carbons (Fsp3) is 0.0286. The fourth-order valence-corrected chi connectivity index (χ4v) is 6.84. The molecule has 40 heavy (non-hydrogen) atoms. The number of hydrogen-bond donors (Lipinski definition) is 0. The van der Waals surface area contributed by atoms with E-state index in [0.717, 1.165) is 38.7 Å². The molecule has 4 nitrogen and oxygen atoms in total. The van der Waals surface area contributed by atoms with Gasteiger partial charge in [0.2, 0.25) is 5.95 Å². The molecule has 0 aliphatic carbocycles. The monoisotopic (exact) mass is 532 g/mol. The lowest BCUT2D eigenvalue weighted by atomic mass is 10.1. The van der Waals surface area contributed by atoms with Crippen LogP contribution in [0.4, 0.5) is 0 Å². The Kier molecular flexibility index (Phi) is 5.25. The number of aromatic nitrogens is 4. The molecule has 0 bridgehead atoms. The van der Waals surface area contributed by atoms with Gasteiger partial charge in [0.15, 0.2) is 0 Å². The van der Waals surface area contributed by atoms with Crippen molar-refractivity contribution in [1.29, 1.82) is 0 Å². The average molecular weight is 533 g/mol. The minimum atomic E-state index is 0.690. The van der Waals surface area contributed by atoms with Crippen LogP contribution in [0, 0.1) is 0 Å². The van der Waals surface area contributed by atoms with Crippen molar-refractivity contribution >= 4 is 61.6 Å². The van der Waals surface area contributed by atoms with E-state index in [2.05, 4.69) is 113 Å². The zero-order chi connectivity index (χ0) is 26.6. The van der Waals surface area contributed by atoms with E-state index in [1.807, 2.05) is 31.2 Å². The number of allylic oxidation sites excluding steroid dienone is 5. The van der Waals surface area contributed by atoms with Crippen LogP contribution in [0.5, 0.6) is 0 Å². The summed E-state index contributed by atoms with van der Waals surface area (Å²) in [6.45, 7) is 2.02. The number of para-hydroxylation sites is 1. The highest BCUT2D eigenvalue weighted by Gasteiger charge is 2.23. The molecule has 1 aliphatic heterocycles. The molecule has 7 aromatic rings. The molecule has 0 saturated heterocycles. The van der Waals surface area contributed by atoms with Crippen molar-refractivity contribution in [1.82, 2.24) is 19.1 Å². The standard InChI is InChI=1S/C35H24N4S/c1-2-3-4-5-10-19-38-20-18-23-21-26-24-12-6-8-15-28(24)39(30(26)22-29(23)38)35-36-27-14-11-17-32-33(27)34(37-35)25-13-7-9-16-31(25)40-32/h2-22H,1H3/b3-2-,5-4-,19-10+. The molecule has 0 saturated carbocycles. The quantitative estimate of drug-likeness (QED) is 0.212. The zero-order valence-electron chi connectivity index (χ0n) is 21.8. The van der Waals surface area contributed by atoms with Crippen LogP contribution < -0.4 is 0 Å². The van der Waals surface area contributed by atoms with Crippen LogP contribution in [0.3, 0.4) is 0 Å². The van der Waals surface area contributed by atoms with Gasteiger partial charge in [0.1, 0.15) is 0 Å². The van der Waals surface area contributed by atoms with Crippen LogP contribution in [0.15, 0.2) is 131 Å². The first kappa shape index (κ1) is 23.1. The molecule has 1 aliphatic rings. The number of rotatable bonds is 4. The molecule has 0 amide bonds. The molecule has 4 aromatic carbocycles. The second-order valence-corrected chi connectivity index (χ2v) is 11.0. The van der Waals surface area contributed by atoms with Crippen LogP contribution in [0.2, 0.25) is 0 Å². The Morgan fingerprint density at radius 3 is 2.50 bits per heavy atom. The Morgan fingerprint density at radius 2 is 1.55 bits per heavy atom. The molecule has 4 heterocycles. The molecule has 0 spiro atoms. The summed E-state index contributed by atoms with van der Waals surface area (Å²) in [7, 11) is 0. The van der Waals surface area contributed by atoms with Crippen LogP contribution in [0.25, 0.3) is 67.0 Å². The van der Waals surface area contributed by atoms with Crippen molar-refractivity contribution in [2.45, 2.75) is 16.7 Å². The molecule has 0 atom stereocenters. The van der Waals surface area contributed by atoms with Crippen molar-refractivity contribution in [2.75, 3.05) is 0 Å². The molecule has 0 unspecified atom stereocenters. The van der Waals surface area contributed by atoms with Crippen molar-refractivity contribution in [3.8, 4) is 17.2 Å². The smallest absolute Gasteiger partial charge is 0.235 e. The molecule has 5 heteroatoms. The molecule has 0 N–H and O–H groups in total. The molecule has 190 valence electrons. The van der Waals surface area contributed by atoms with Crippen LogP contribution >= 0.6 is 11.8 Å². The van der Waals surface area contributed by atoms with Gasteiger partial charge in [-0.25, -0.2) is 9.97 Å². The third-order valence-electron chi connectivity index (χ3n) is 7.52. The Labute approximate surface area is 235 Å². The minimum absolute atomic E-state index is 0.690. The van der Waals surface area contributed by atoms with E-state index in [1.54, 1.807) is 11.8 Å². The first-order valence-corrected chi connectivity index (χ1v) is 14.2. The Morgan fingerprint density at radius 1 is 0.700 bits per heavy atom. The summed E-state index contributed by atoms with van der Waals surface area (Å²) < 4.78 is 4.39. The summed E-state index contributed by atoms with van der Waals surface area (Å²) in [6, 6.07) is 30.2. The predicted octanol–water partition coefficient (Wildman–Crippen LogP) is 9.42. The van der Waals surface area contributed by atoms with Crippen molar-refractivity contribution in [3.05, 3.63) is 122 Å². The fourth-order valence-electron chi connectivity index (χ4n) is 5.74. The van der Waals surface area contributed by atoms with E-state index in [4.69, 9.17) is 9.97 Å². The van der Waals surface area contributed by atoms with Crippen LogP contribution in [-0.2, 0) is 0 Å². The van der Waals surface area contributed by atoms with E-state index < -0.39 is 0 Å². The molecular weight excluding hydrogens is 508 g/mol. The second kappa shape index (κ2) is 9.11. The van der Waals surface area contributed by atoms with E-state index in [0.29, 0.717) is 5.95 Å². The predicted molar refractivity (Wildman–Crippen MR) is 168 cm³/mol. The number of nitrogens with zero attached hydrogens (tertiary/aromatic N) is 4. The third kappa shape index (κ3) is 3.48. The summed E-state index contributed by atoms with van der Waals surface area (Å²) in [5, 5.41) is 4.71. The van der Waals surface area contributed by atoms with Gasteiger partial charge in [0, 0.05) is 49.3 Å². The van der Waals surface area contributed by atoms with E-state index in [-0.39, 0.29) is 0 Å². The Hall–Kier alpha value is -4.87. The first-order chi connectivity index (χ1) is 19.8. The SMILES string of the molecule is C\C=C/C=C\C=C\n1ccc2cc3c4ccccc4n(-c4nc5c6c(cccc6n4)Sc4ccccc4-5)c3cc21. The Balaban J connectivity index is 1.42. The van der Waals surface area contributed by atoms with Gasteiger partial charge in [0.05, 0.1) is 27.8 Å². The van der Waals surface area contributed by atoms with Crippen molar-refractivity contribution < 1.29 is 0 Å². The normalized spacial score (nSPS) is 13.2. The van der Waals surface area contributed by atoms with E-state index >= 15 is 0 Å². The van der Waals surface area contributed by atoms with Gasteiger partial charge in [-0.1, -0.05) is 78.5 Å². The van der Waals surface area contributed by atoms with Crippen molar-refractivity contribution in [3.63, 3.8) is 0 Å². The summed E-state index contributed by atoms with van der Waals surface area (Å²) >= 11 is 1.79. The number of benzene rings is 4. The maximum Gasteiger partial charge on any atom is 0.235 e. The zero-order valence-corrected chi connectivity index (χ0v) is 22.6. The largest absolute Gasteiger partial charge is 0.323 e. The number of hydrogen-bond acceptors (Lipinski definition) is 3. The van der Waals surface area contributed by atoms with Crippen molar-refractivity contribution in [2.24, 2.45) is 0 Å². The van der Waals surface area contributed by atoms with Crippen LogP contribution in [-0.4, -0.2) is 19.1 Å². The maximum atomic E-state index is 5.29. The van der Waals surface area contributed by atoms with Gasteiger partial charge in [-0.15, -0.1) is 0 Å². The van der Waals surface area contributed by atoms with Gasteiger partial charge in [-0.3, -0.25) is 4.57 Å². The summed E-state index contributed by atoms with van der Waals surface area (Å²) in [5.74, 6) is 0.690. The highest BCUT2D eigenvalue weighted by atomic mass is 32.2. The van der Waals surface area contributed by atoms with Crippen LogP contribution in [0.1, 0.15) is 6.92 Å². The average Bonchev–Trinajstić information content (AvgIpc) is 3.54. The Bertz CT molecular complexity index is 2210. The minimum Gasteiger partial charge on any atom is -0.323 e. The molecule has 0 fully saturated rings. The summed E-state index contributed by atoms with van der Waals surface area (Å²) in [4.78, 5) is 12.9. The van der Waals surface area contributed by atoms with E-state index in [9.17, 15) is 0 Å². The third-order valence-corrected chi connectivity index (χ3v) is 8.66. The van der Waals surface area contributed by atoms with Gasteiger partial charge >= 0.3 is 0 Å². The summed E-state index contributed by atoms with van der Waals surface area (Å²) in [5.41, 5.74) is 6.45. The topological polar surface area (TPSA) is 35.6 Å². The second-order valence-electron chi connectivity index (χ2n) is 9.88. The first-order valence-electron chi connectivity index (χ1n) is 13.4. The molecule has 8 rings (SSSR count). The van der Waals surface area contributed by atoms with Gasteiger partial charge < -0.3 is 4.57 Å². The highest BCUT2D eigenvalue weighted by Crippen LogP contribution is 2.47. The number of fused-ring (bicyclic) bond motifs is 6. The van der Waals surface area contributed by atoms with Gasteiger partial charge in [0.25, 0.3) is 0 Å². The maximum absolute atomic E-state index is 5.29. The summed E-state index contributed by atoms with van der Waals surface area (Å²) in [6.07, 6.45) is 14.4.